The van der Waals surface area contributed by atoms with E-state index in [9.17, 15) is 14.5 Å². The van der Waals surface area contributed by atoms with Crippen LogP contribution >= 0.6 is 0 Å². The minimum absolute atomic E-state index is 0.0194. The molecule has 6 heteroatoms. The van der Waals surface area contributed by atoms with Crippen LogP contribution in [0.25, 0.3) is 0 Å². The van der Waals surface area contributed by atoms with Crippen LogP contribution < -0.4 is 10.6 Å². The first-order valence-electron chi connectivity index (χ1n) is 4.58. The van der Waals surface area contributed by atoms with Crippen molar-refractivity contribution in [2.24, 2.45) is 0 Å². The van der Waals surface area contributed by atoms with Crippen molar-refractivity contribution >= 4 is 11.4 Å². The van der Waals surface area contributed by atoms with Gasteiger partial charge in [0.2, 0.25) is 0 Å². The molecule has 0 aliphatic carbocycles. The van der Waals surface area contributed by atoms with Crippen molar-refractivity contribution in [2.75, 3.05) is 18.4 Å². The molecule has 1 saturated heterocycles. The molecule has 0 radical (unpaired) electrons. The summed E-state index contributed by atoms with van der Waals surface area (Å²) >= 11 is 0. The first-order valence-corrected chi connectivity index (χ1v) is 4.58. The predicted molar refractivity (Wildman–Crippen MR) is 53.3 cm³/mol. The molecule has 0 aromatic heterocycles. The standard InChI is InChI=1S/C9H10FN3O2/c10-7-2-1-3-8(13(14)15)9(7)12-6-4-11-5-6/h1-3,6,11-12H,4-5H2. The van der Waals surface area contributed by atoms with Crippen LogP contribution in [0.2, 0.25) is 0 Å². The van der Waals surface area contributed by atoms with Crippen molar-refractivity contribution < 1.29 is 9.31 Å². The molecule has 80 valence electrons. The Hall–Kier alpha value is -1.69. The second kappa shape index (κ2) is 3.82. The fraction of sp³-hybridized carbons (Fsp3) is 0.333. The number of nitrogens with one attached hydrogen (secondary N) is 2. The minimum atomic E-state index is -0.587. The molecule has 0 unspecified atom stereocenters. The van der Waals surface area contributed by atoms with Crippen molar-refractivity contribution in [1.82, 2.24) is 5.32 Å². The van der Waals surface area contributed by atoms with Gasteiger partial charge < -0.3 is 10.6 Å². The summed E-state index contributed by atoms with van der Waals surface area (Å²) in [5, 5.41) is 16.5. The second-order valence-corrected chi connectivity index (χ2v) is 3.39. The van der Waals surface area contributed by atoms with Crippen LogP contribution in [0, 0.1) is 15.9 Å². The summed E-state index contributed by atoms with van der Waals surface area (Å²) in [6.07, 6.45) is 0. The molecule has 0 atom stereocenters. The summed E-state index contributed by atoms with van der Waals surface area (Å²) in [6.45, 7) is 1.40. The Kier molecular flexibility index (Phi) is 2.51. The number of nitrogens with zero attached hydrogens (tertiary/aromatic N) is 1. The molecule has 1 aliphatic heterocycles. The third-order valence-corrected chi connectivity index (χ3v) is 2.32. The van der Waals surface area contributed by atoms with Crippen molar-refractivity contribution in [1.29, 1.82) is 0 Å². The van der Waals surface area contributed by atoms with Gasteiger partial charge >= 0.3 is 0 Å². The Bertz CT molecular complexity index is 393. The Balaban J connectivity index is 2.29. The van der Waals surface area contributed by atoms with Crippen LogP contribution in [0.1, 0.15) is 0 Å². The van der Waals surface area contributed by atoms with Crippen molar-refractivity contribution in [3.8, 4) is 0 Å². The highest BCUT2D eigenvalue weighted by Gasteiger charge is 2.23. The molecule has 5 nitrogen and oxygen atoms in total. The number of halogens is 1. The topological polar surface area (TPSA) is 67.2 Å². The molecule has 0 amide bonds. The Labute approximate surface area is 85.4 Å². The lowest BCUT2D eigenvalue weighted by Crippen LogP contribution is -2.51. The normalized spacial score (nSPS) is 15.8. The van der Waals surface area contributed by atoms with E-state index in [-0.39, 0.29) is 17.4 Å². The zero-order chi connectivity index (χ0) is 10.8. The third-order valence-electron chi connectivity index (χ3n) is 2.32. The minimum Gasteiger partial charge on any atom is -0.372 e. The molecule has 0 spiro atoms. The number of nitro groups is 1. The van der Waals surface area contributed by atoms with Gasteiger partial charge in [-0.3, -0.25) is 10.1 Å². The molecular formula is C9H10FN3O2. The average molecular weight is 211 g/mol. The van der Waals surface area contributed by atoms with Crippen LogP contribution in [-0.4, -0.2) is 24.1 Å². The monoisotopic (exact) mass is 211 g/mol. The molecular weight excluding hydrogens is 201 g/mol. The maximum Gasteiger partial charge on any atom is 0.295 e. The largest absolute Gasteiger partial charge is 0.372 e. The molecule has 2 rings (SSSR count). The van der Waals surface area contributed by atoms with Crippen molar-refractivity contribution in [3.05, 3.63) is 34.1 Å². The Morgan fingerprint density at radius 1 is 1.53 bits per heavy atom. The van der Waals surface area contributed by atoms with E-state index in [1.165, 1.54) is 18.2 Å². The lowest BCUT2D eigenvalue weighted by molar-refractivity contribution is -0.384. The summed E-state index contributed by atoms with van der Waals surface area (Å²) < 4.78 is 13.3. The van der Waals surface area contributed by atoms with E-state index in [1.54, 1.807) is 0 Å². The van der Waals surface area contributed by atoms with Crippen LogP contribution in [0.15, 0.2) is 18.2 Å². The lowest BCUT2D eigenvalue weighted by atomic mass is 10.1. The summed E-state index contributed by atoms with van der Waals surface area (Å²) in [5.41, 5.74) is -0.240. The fourth-order valence-electron chi connectivity index (χ4n) is 1.40. The predicted octanol–water partition coefficient (Wildman–Crippen LogP) is 1.12. The van der Waals surface area contributed by atoms with Crippen LogP contribution in [0.5, 0.6) is 0 Å². The zero-order valence-corrected chi connectivity index (χ0v) is 7.87. The molecule has 1 fully saturated rings. The number of hydrogen-bond acceptors (Lipinski definition) is 4. The van der Waals surface area contributed by atoms with E-state index in [0.717, 1.165) is 0 Å². The molecule has 1 aromatic rings. The maximum absolute atomic E-state index is 13.3. The molecule has 0 saturated carbocycles. The van der Waals surface area contributed by atoms with Crippen LogP contribution in [0.3, 0.4) is 0 Å². The molecule has 1 aromatic carbocycles. The van der Waals surface area contributed by atoms with Crippen LogP contribution in [-0.2, 0) is 0 Å². The molecule has 2 N–H and O–H groups in total. The molecule has 0 bridgehead atoms. The van der Waals surface area contributed by atoms with Gasteiger partial charge in [-0.15, -0.1) is 0 Å². The first kappa shape index (κ1) is 9.85. The smallest absolute Gasteiger partial charge is 0.295 e. The fourth-order valence-corrected chi connectivity index (χ4v) is 1.40. The quantitative estimate of drug-likeness (QED) is 0.580. The highest BCUT2D eigenvalue weighted by molar-refractivity contribution is 5.62. The van der Waals surface area contributed by atoms with E-state index in [2.05, 4.69) is 10.6 Å². The lowest BCUT2D eigenvalue weighted by Gasteiger charge is -2.28. The van der Waals surface area contributed by atoms with Gasteiger partial charge in [-0.25, -0.2) is 4.39 Å². The number of rotatable bonds is 3. The van der Waals surface area contributed by atoms with Gasteiger partial charge in [0.05, 0.1) is 11.0 Å². The number of nitro benzene ring substituents is 1. The first-order chi connectivity index (χ1) is 7.18. The molecule has 15 heavy (non-hydrogen) atoms. The highest BCUT2D eigenvalue weighted by atomic mass is 19.1. The zero-order valence-electron chi connectivity index (χ0n) is 7.87. The van der Waals surface area contributed by atoms with E-state index < -0.39 is 10.7 Å². The van der Waals surface area contributed by atoms with Gasteiger partial charge in [0.15, 0.2) is 5.82 Å². The van der Waals surface area contributed by atoms with Crippen molar-refractivity contribution in [2.45, 2.75) is 6.04 Å². The summed E-state index contributed by atoms with van der Waals surface area (Å²) in [5.74, 6) is -0.587. The van der Waals surface area contributed by atoms with Gasteiger partial charge in [-0.05, 0) is 6.07 Å². The summed E-state index contributed by atoms with van der Waals surface area (Å²) in [4.78, 5) is 10.1. The van der Waals surface area contributed by atoms with E-state index in [0.29, 0.717) is 13.1 Å². The van der Waals surface area contributed by atoms with Crippen LogP contribution in [0.4, 0.5) is 15.8 Å². The van der Waals surface area contributed by atoms with Gasteiger partial charge in [0.1, 0.15) is 5.69 Å². The third kappa shape index (κ3) is 1.89. The van der Waals surface area contributed by atoms with E-state index in [4.69, 9.17) is 0 Å². The number of hydrogen-bond donors (Lipinski definition) is 2. The Morgan fingerprint density at radius 2 is 2.27 bits per heavy atom. The maximum atomic E-state index is 13.3. The second-order valence-electron chi connectivity index (χ2n) is 3.39. The summed E-state index contributed by atoms with van der Waals surface area (Å²) in [6, 6.07) is 3.90. The van der Waals surface area contributed by atoms with Gasteiger partial charge in [-0.1, -0.05) is 6.07 Å². The summed E-state index contributed by atoms with van der Waals surface area (Å²) in [7, 11) is 0. The highest BCUT2D eigenvalue weighted by Crippen LogP contribution is 2.27. The number of anilines is 1. The van der Waals surface area contributed by atoms with Crippen molar-refractivity contribution in [3.63, 3.8) is 0 Å². The average Bonchev–Trinajstić information content (AvgIpc) is 2.12. The molecule has 1 heterocycles. The number of benzene rings is 1. The number of para-hydroxylation sites is 1. The molecule has 1 aliphatic rings. The van der Waals surface area contributed by atoms with E-state index >= 15 is 0 Å². The van der Waals surface area contributed by atoms with Gasteiger partial charge in [-0.2, -0.15) is 0 Å². The Morgan fingerprint density at radius 3 is 2.80 bits per heavy atom. The SMILES string of the molecule is O=[N+]([O-])c1cccc(F)c1NC1CNC1. The van der Waals surface area contributed by atoms with Gasteiger partial charge in [0.25, 0.3) is 5.69 Å². The van der Waals surface area contributed by atoms with E-state index in [1.807, 2.05) is 0 Å². The van der Waals surface area contributed by atoms with Gasteiger partial charge in [0, 0.05) is 19.2 Å².